The quantitative estimate of drug-likeness (QED) is 0.775. The van der Waals surface area contributed by atoms with Gasteiger partial charge in [0.25, 0.3) is 0 Å². The van der Waals surface area contributed by atoms with Gasteiger partial charge in [-0.1, -0.05) is 23.8 Å². The van der Waals surface area contributed by atoms with Crippen molar-refractivity contribution in [2.45, 2.75) is 26.3 Å². The van der Waals surface area contributed by atoms with Gasteiger partial charge in [0, 0.05) is 11.6 Å². The fourth-order valence-electron chi connectivity index (χ4n) is 2.45. The molecule has 4 heteroatoms. The average molecular weight is 354 g/mol. The van der Waals surface area contributed by atoms with Crippen molar-refractivity contribution in [1.29, 1.82) is 0 Å². The summed E-state index contributed by atoms with van der Waals surface area (Å²) in [5.74, 6) is -1.07. The lowest BCUT2D eigenvalue weighted by atomic mass is 9.94. The summed E-state index contributed by atoms with van der Waals surface area (Å²) in [6.45, 7) is 4.02. The molecule has 0 saturated heterocycles. The molecule has 0 saturated carbocycles. The maximum atomic E-state index is 14.3. The van der Waals surface area contributed by atoms with Crippen molar-refractivity contribution in [3.8, 4) is 0 Å². The van der Waals surface area contributed by atoms with Crippen LogP contribution in [0.3, 0.4) is 0 Å². The zero-order valence-corrected chi connectivity index (χ0v) is 13.9. The predicted octanol–water partition coefficient (Wildman–Crippen LogP) is 4.85. The standard InChI is InChI=1S/C17H18BrF2N/c1-10-4-5-11(2)12(8-10)9-15(21-3)16-14(19)7-6-13(18)17(16)20/h4-8,15,21H,9H2,1-3H3. The van der Waals surface area contributed by atoms with Gasteiger partial charge in [-0.15, -0.1) is 0 Å². The van der Waals surface area contributed by atoms with Crippen LogP contribution < -0.4 is 5.32 Å². The molecule has 1 nitrogen and oxygen atoms in total. The molecule has 0 spiro atoms. The zero-order valence-electron chi connectivity index (χ0n) is 12.3. The lowest BCUT2D eigenvalue weighted by Gasteiger charge is -2.20. The van der Waals surface area contributed by atoms with E-state index in [1.165, 1.54) is 12.1 Å². The molecule has 2 aromatic rings. The minimum atomic E-state index is -0.542. The molecule has 0 aromatic heterocycles. The molecule has 0 aliphatic carbocycles. The van der Waals surface area contributed by atoms with Crippen molar-refractivity contribution in [3.05, 3.63) is 68.7 Å². The first-order valence-electron chi connectivity index (χ1n) is 6.80. The van der Waals surface area contributed by atoms with Crippen molar-refractivity contribution in [2.75, 3.05) is 7.05 Å². The molecule has 0 aliphatic heterocycles. The molecular weight excluding hydrogens is 336 g/mol. The van der Waals surface area contributed by atoms with Gasteiger partial charge in [-0.3, -0.25) is 0 Å². The molecule has 0 amide bonds. The number of likely N-dealkylation sites (N-methyl/N-ethyl adjacent to an activating group) is 1. The number of aryl methyl sites for hydroxylation is 2. The summed E-state index contributed by atoms with van der Waals surface area (Å²) >= 11 is 3.12. The molecule has 0 radical (unpaired) electrons. The molecule has 2 aromatic carbocycles. The molecule has 0 aliphatic rings. The minimum Gasteiger partial charge on any atom is -0.313 e. The highest BCUT2D eigenvalue weighted by atomic mass is 79.9. The first-order chi connectivity index (χ1) is 9.93. The number of halogens is 3. The lowest BCUT2D eigenvalue weighted by molar-refractivity contribution is 0.486. The van der Waals surface area contributed by atoms with Crippen molar-refractivity contribution in [1.82, 2.24) is 5.32 Å². The molecule has 1 N–H and O–H groups in total. The summed E-state index contributed by atoms with van der Waals surface area (Å²) in [4.78, 5) is 0. The van der Waals surface area contributed by atoms with Crippen LogP contribution in [0.1, 0.15) is 28.3 Å². The van der Waals surface area contributed by atoms with Gasteiger partial charge >= 0.3 is 0 Å². The Bertz CT molecular complexity index is 655. The van der Waals surface area contributed by atoms with Crippen molar-refractivity contribution >= 4 is 15.9 Å². The summed E-state index contributed by atoms with van der Waals surface area (Å²) in [6.07, 6.45) is 0.536. The van der Waals surface area contributed by atoms with Crippen molar-refractivity contribution < 1.29 is 8.78 Å². The minimum absolute atomic E-state index is 0.0766. The first kappa shape index (κ1) is 16.1. The van der Waals surface area contributed by atoms with Crippen molar-refractivity contribution in [3.63, 3.8) is 0 Å². The van der Waals surface area contributed by atoms with E-state index in [2.05, 4.69) is 27.3 Å². The van der Waals surface area contributed by atoms with E-state index < -0.39 is 17.7 Å². The molecular formula is C17H18BrF2N. The Balaban J connectivity index is 2.41. The Morgan fingerprint density at radius 2 is 1.86 bits per heavy atom. The molecule has 21 heavy (non-hydrogen) atoms. The van der Waals surface area contributed by atoms with Crippen LogP contribution in [0.5, 0.6) is 0 Å². The molecule has 1 atom stereocenters. The Morgan fingerprint density at radius 1 is 1.14 bits per heavy atom. The SMILES string of the molecule is CNC(Cc1cc(C)ccc1C)c1c(F)ccc(Br)c1F. The number of hydrogen-bond donors (Lipinski definition) is 1. The van der Waals surface area contributed by atoms with E-state index in [0.29, 0.717) is 6.42 Å². The average Bonchev–Trinajstić information content (AvgIpc) is 2.45. The third-order valence-corrected chi connectivity index (χ3v) is 4.32. The lowest BCUT2D eigenvalue weighted by Crippen LogP contribution is -2.22. The van der Waals surface area contributed by atoms with Crippen LogP contribution in [0, 0.1) is 25.5 Å². The summed E-state index contributed by atoms with van der Waals surface area (Å²) < 4.78 is 28.6. The van der Waals surface area contributed by atoms with Crippen LogP contribution in [0.4, 0.5) is 8.78 Å². The van der Waals surface area contributed by atoms with Crippen LogP contribution in [-0.4, -0.2) is 7.05 Å². The highest BCUT2D eigenvalue weighted by molar-refractivity contribution is 9.10. The number of nitrogens with one attached hydrogen (secondary N) is 1. The normalized spacial score (nSPS) is 12.5. The largest absolute Gasteiger partial charge is 0.313 e. The van der Waals surface area contributed by atoms with Gasteiger partial charge in [0.2, 0.25) is 0 Å². The van der Waals surface area contributed by atoms with E-state index in [-0.39, 0.29) is 10.0 Å². The number of hydrogen-bond acceptors (Lipinski definition) is 1. The summed E-state index contributed by atoms with van der Waals surface area (Å²) in [5, 5.41) is 3.02. The molecule has 2 rings (SSSR count). The topological polar surface area (TPSA) is 12.0 Å². The predicted molar refractivity (Wildman–Crippen MR) is 85.5 cm³/mol. The van der Waals surface area contributed by atoms with Gasteiger partial charge in [0.1, 0.15) is 11.6 Å². The fraction of sp³-hybridized carbons (Fsp3) is 0.294. The highest BCUT2D eigenvalue weighted by Crippen LogP contribution is 2.29. The molecule has 0 heterocycles. The van der Waals surface area contributed by atoms with Crippen LogP contribution >= 0.6 is 15.9 Å². The monoisotopic (exact) mass is 353 g/mol. The van der Waals surface area contributed by atoms with Crippen LogP contribution in [0.2, 0.25) is 0 Å². The highest BCUT2D eigenvalue weighted by Gasteiger charge is 2.21. The second-order valence-corrected chi connectivity index (χ2v) is 6.09. The summed E-state index contributed by atoms with van der Waals surface area (Å²) in [5.41, 5.74) is 3.43. The van der Waals surface area contributed by atoms with Gasteiger partial charge in [-0.05, 0) is 66.5 Å². The maximum absolute atomic E-state index is 14.3. The third kappa shape index (κ3) is 3.50. The Hall–Kier alpha value is -1.26. The molecule has 112 valence electrons. The van der Waals surface area contributed by atoms with Crippen LogP contribution in [0.25, 0.3) is 0 Å². The smallest absolute Gasteiger partial charge is 0.145 e. The van der Waals surface area contributed by atoms with E-state index in [4.69, 9.17) is 0 Å². The zero-order chi connectivity index (χ0) is 15.6. The summed E-state index contributed by atoms with van der Waals surface area (Å²) in [7, 11) is 1.72. The van der Waals surface area contributed by atoms with Gasteiger partial charge in [0.15, 0.2) is 0 Å². The van der Waals surface area contributed by atoms with E-state index in [0.717, 1.165) is 16.7 Å². The van der Waals surface area contributed by atoms with Gasteiger partial charge < -0.3 is 5.32 Å². The summed E-state index contributed by atoms with van der Waals surface area (Å²) in [6, 6.07) is 8.39. The van der Waals surface area contributed by atoms with Crippen molar-refractivity contribution in [2.24, 2.45) is 0 Å². The van der Waals surface area contributed by atoms with E-state index in [9.17, 15) is 8.78 Å². The Morgan fingerprint density at radius 3 is 2.52 bits per heavy atom. The second-order valence-electron chi connectivity index (χ2n) is 5.23. The third-order valence-electron chi connectivity index (χ3n) is 3.71. The Kier molecular flexibility index (Phi) is 5.12. The van der Waals surface area contributed by atoms with Crippen LogP contribution in [0.15, 0.2) is 34.8 Å². The fourth-order valence-corrected chi connectivity index (χ4v) is 2.80. The van der Waals surface area contributed by atoms with E-state index in [1.54, 1.807) is 7.05 Å². The maximum Gasteiger partial charge on any atom is 0.145 e. The van der Waals surface area contributed by atoms with E-state index in [1.807, 2.05) is 26.0 Å². The van der Waals surface area contributed by atoms with Gasteiger partial charge in [-0.25, -0.2) is 8.78 Å². The Labute approximate surface area is 132 Å². The number of benzene rings is 2. The van der Waals surface area contributed by atoms with Gasteiger partial charge in [0.05, 0.1) is 4.47 Å². The first-order valence-corrected chi connectivity index (χ1v) is 7.60. The van der Waals surface area contributed by atoms with Crippen LogP contribution in [-0.2, 0) is 6.42 Å². The molecule has 0 bridgehead atoms. The molecule has 1 unspecified atom stereocenters. The van der Waals surface area contributed by atoms with Gasteiger partial charge in [-0.2, -0.15) is 0 Å². The second kappa shape index (κ2) is 6.67. The number of rotatable bonds is 4. The van der Waals surface area contributed by atoms with E-state index >= 15 is 0 Å². The molecule has 0 fully saturated rings.